The van der Waals surface area contributed by atoms with Crippen molar-refractivity contribution in [1.82, 2.24) is 0 Å². The van der Waals surface area contributed by atoms with Crippen LogP contribution < -0.4 is 0 Å². The summed E-state index contributed by atoms with van der Waals surface area (Å²) in [6.45, 7) is 6.19. The van der Waals surface area contributed by atoms with Crippen molar-refractivity contribution in [3.8, 4) is 0 Å². The number of hydrogen-bond donors (Lipinski definition) is 2. The molecule has 3 aliphatic carbocycles. The summed E-state index contributed by atoms with van der Waals surface area (Å²) in [6.07, 6.45) is -1.80. The Bertz CT molecular complexity index is 880. The molecule has 0 radical (unpaired) electrons. The zero-order valence-corrected chi connectivity index (χ0v) is 17.9. The smallest absolute Gasteiger partial charge is 0.314 e. The lowest BCUT2D eigenvalue weighted by Crippen LogP contribution is -2.58. The van der Waals surface area contributed by atoms with Gasteiger partial charge in [-0.2, -0.15) is 0 Å². The number of rotatable bonds is 4. The molecule has 0 aromatic heterocycles. The van der Waals surface area contributed by atoms with Crippen LogP contribution >= 0.6 is 0 Å². The SMILES string of the molecule is CC(=O)O[C@@H]1[C@@H]2OC(=O)[C@]3(C)[C@H]1C[C@@]14C2=CO[C@@H](OC(=O)C(C)C(C)O)[C@@H]1C[C@@H](O)[C@@H]34. The van der Waals surface area contributed by atoms with Gasteiger partial charge in [-0.15, -0.1) is 0 Å². The number of aliphatic hydroxyl groups excluding tert-OH is 2. The van der Waals surface area contributed by atoms with Gasteiger partial charge in [0, 0.05) is 35.7 Å². The number of fused-ring (bicyclic) bond motifs is 3. The molecule has 3 bridgehead atoms. The minimum absolute atomic E-state index is 0.309. The molecule has 170 valence electrons. The fourth-order valence-corrected chi connectivity index (χ4v) is 7.10. The first-order chi connectivity index (χ1) is 14.5. The summed E-state index contributed by atoms with van der Waals surface area (Å²) < 4.78 is 22.8. The van der Waals surface area contributed by atoms with Gasteiger partial charge in [0.05, 0.1) is 29.8 Å². The van der Waals surface area contributed by atoms with Crippen LogP contribution in [0.2, 0.25) is 0 Å². The van der Waals surface area contributed by atoms with E-state index >= 15 is 0 Å². The van der Waals surface area contributed by atoms with Gasteiger partial charge in [-0.3, -0.25) is 14.4 Å². The summed E-state index contributed by atoms with van der Waals surface area (Å²) in [6, 6.07) is 0. The van der Waals surface area contributed by atoms with E-state index in [1.807, 2.05) is 0 Å². The third kappa shape index (κ3) is 2.42. The maximum Gasteiger partial charge on any atom is 0.314 e. The molecule has 2 unspecified atom stereocenters. The number of aliphatic hydroxyl groups is 2. The fraction of sp³-hybridized carbons (Fsp3) is 0.773. The van der Waals surface area contributed by atoms with Crippen molar-refractivity contribution in [2.24, 2.45) is 34.5 Å². The van der Waals surface area contributed by atoms with E-state index in [0.717, 1.165) is 0 Å². The van der Waals surface area contributed by atoms with Crippen LogP contribution in [0.25, 0.3) is 0 Å². The van der Waals surface area contributed by atoms with Crippen LogP contribution in [0.5, 0.6) is 0 Å². The van der Waals surface area contributed by atoms with Gasteiger partial charge in [0.25, 0.3) is 0 Å². The van der Waals surface area contributed by atoms with Gasteiger partial charge >= 0.3 is 17.9 Å². The van der Waals surface area contributed by atoms with Crippen molar-refractivity contribution in [2.45, 2.75) is 71.2 Å². The van der Waals surface area contributed by atoms with E-state index in [-0.39, 0.29) is 11.8 Å². The van der Waals surface area contributed by atoms with E-state index in [1.165, 1.54) is 20.1 Å². The van der Waals surface area contributed by atoms with E-state index in [4.69, 9.17) is 18.9 Å². The van der Waals surface area contributed by atoms with Crippen molar-refractivity contribution in [3.63, 3.8) is 0 Å². The second-order valence-corrected chi connectivity index (χ2v) is 9.96. The Balaban J connectivity index is 1.57. The largest absolute Gasteiger partial charge is 0.462 e. The number of ether oxygens (including phenoxy) is 4. The summed E-state index contributed by atoms with van der Waals surface area (Å²) in [5.41, 5.74) is -0.991. The molecular formula is C22H28O9. The van der Waals surface area contributed by atoms with Crippen LogP contribution in [-0.2, 0) is 33.3 Å². The highest BCUT2D eigenvalue weighted by atomic mass is 16.7. The van der Waals surface area contributed by atoms with Gasteiger partial charge in [0.1, 0.15) is 6.10 Å². The molecule has 1 saturated heterocycles. The standard InChI is InChI=1S/C22H28O9/c1-8(9(2)23)18(26)31-19-11-5-14(25)17-21(4)12-6-22(11,17)13(7-28-19)16(30-20(21)27)15(12)29-10(3)24/h7-9,11-12,14-17,19,23,25H,5-6H2,1-4H3/t8?,9?,11-,12-,14+,15-,16+,17-,19-,21+,22-/m0/s1. The first kappa shape index (κ1) is 20.8. The summed E-state index contributed by atoms with van der Waals surface area (Å²) in [4.78, 5) is 37.4. The van der Waals surface area contributed by atoms with Gasteiger partial charge in [-0.25, -0.2) is 0 Å². The highest BCUT2D eigenvalue weighted by molar-refractivity contribution is 5.82. The van der Waals surface area contributed by atoms with Gasteiger partial charge in [-0.05, 0) is 33.6 Å². The summed E-state index contributed by atoms with van der Waals surface area (Å²) in [5.74, 6) is -3.33. The molecule has 5 rings (SSSR count). The third-order valence-electron chi connectivity index (χ3n) is 8.57. The van der Waals surface area contributed by atoms with E-state index in [0.29, 0.717) is 18.4 Å². The minimum Gasteiger partial charge on any atom is -0.462 e. The maximum absolute atomic E-state index is 13.1. The van der Waals surface area contributed by atoms with Crippen LogP contribution in [0.15, 0.2) is 11.8 Å². The lowest BCUT2D eigenvalue weighted by molar-refractivity contribution is -0.213. The van der Waals surface area contributed by atoms with E-state index in [1.54, 1.807) is 13.8 Å². The predicted octanol–water partition coefficient (Wildman–Crippen LogP) is 0.667. The molecule has 11 atom stereocenters. The fourth-order valence-electron chi connectivity index (χ4n) is 7.10. The third-order valence-corrected chi connectivity index (χ3v) is 8.57. The van der Waals surface area contributed by atoms with Gasteiger partial charge in [0.2, 0.25) is 6.29 Å². The number of carbonyl (C=O) groups excluding carboxylic acids is 3. The van der Waals surface area contributed by atoms with Gasteiger partial charge in [-0.1, -0.05) is 0 Å². The molecule has 4 fully saturated rings. The lowest BCUT2D eigenvalue weighted by Gasteiger charge is -2.51. The molecule has 1 spiro atoms. The van der Waals surface area contributed by atoms with Gasteiger partial charge in [0.15, 0.2) is 6.10 Å². The molecule has 31 heavy (non-hydrogen) atoms. The Morgan fingerprint density at radius 2 is 1.97 bits per heavy atom. The Hall–Kier alpha value is -2.13. The van der Waals surface area contributed by atoms with Crippen molar-refractivity contribution >= 4 is 17.9 Å². The van der Waals surface area contributed by atoms with Crippen LogP contribution in [0.1, 0.15) is 40.5 Å². The topological polar surface area (TPSA) is 129 Å². The first-order valence-corrected chi connectivity index (χ1v) is 10.8. The molecule has 2 N–H and O–H groups in total. The summed E-state index contributed by atoms with van der Waals surface area (Å²) in [5, 5.41) is 20.9. The maximum atomic E-state index is 13.1. The van der Waals surface area contributed by atoms with E-state index < -0.39 is 71.3 Å². The molecule has 0 amide bonds. The second kappa shape index (κ2) is 6.45. The van der Waals surface area contributed by atoms with Gasteiger partial charge < -0.3 is 29.2 Å². The molecule has 5 aliphatic rings. The Morgan fingerprint density at radius 1 is 1.26 bits per heavy atom. The average molecular weight is 436 g/mol. The normalized spacial score (nSPS) is 48.1. The molecule has 9 heteroatoms. The zero-order valence-electron chi connectivity index (χ0n) is 17.9. The Labute approximate surface area is 179 Å². The Kier molecular flexibility index (Phi) is 4.32. The molecule has 9 nitrogen and oxygen atoms in total. The quantitative estimate of drug-likeness (QED) is 0.482. The molecule has 2 aliphatic heterocycles. The average Bonchev–Trinajstić information content (AvgIpc) is 3.09. The second-order valence-electron chi connectivity index (χ2n) is 9.96. The highest BCUT2D eigenvalue weighted by Crippen LogP contribution is 2.77. The molecule has 0 aromatic carbocycles. The predicted molar refractivity (Wildman–Crippen MR) is 102 cm³/mol. The number of hydrogen-bond acceptors (Lipinski definition) is 9. The van der Waals surface area contributed by atoms with E-state index in [9.17, 15) is 24.6 Å². The number of esters is 3. The minimum atomic E-state index is -1.03. The summed E-state index contributed by atoms with van der Waals surface area (Å²) in [7, 11) is 0. The van der Waals surface area contributed by atoms with Crippen LogP contribution in [0, 0.1) is 34.5 Å². The lowest BCUT2D eigenvalue weighted by atomic mass is 9.61. The van der Waals surface area contributed by atoms with Crippen molar-refractivity contribution in [1.29, 1.82) is 0 Å². The molecule has 3 saturated carbocycles. The molecule has 2 heterocycles. The van der Waals surface area contributed by atoms with Crippen molar-refractivity contribution in [3.05, 3.63) is 11.8 Å². The first-order valence-electron chi connectivity index (χ1n) is 10.8. The van der Waals surface area contributed by atoms with Crippen LogP contribution in [0.4, 0.5) is 0 Å². The monoisotopic (exact) mass is 436 g/mol. The summed E-state index contributed by atoms with van der Waals surface area (Å²) >= 11 is 0. The van der Waals surface area contributed by atoms with Crippen molar-refractivity contribution in [2.75, 3.05) is 0 Å². The highest BCUT2D eigenvalue weighted by Gasteiger charge is 2.82. The zero-order chi connectivity index (χ0) is 22.5. The molecule has 0 aromatic rings. The van der Waals surface area contributed by atoms with Crippen LogP contribution in [0.3, 0.4) is 0 Å². The van der Waals surface area contributed by atoms with Crippen LogP contribution in [-0.4, -0.2) is 58.8 Å². The Morgan fingerprint density at radius 3 is 2.61 bits per heavy atom. The van der Waals surface area contributed by atoms with Crippen molar-refractivity contribution < 1.29 is 43.5 Å². The van der Waals surface area contributed by atoms with E-state index in [2.05, 4.69) is 0 Å². The number of carbonyl (C=O) groups is 3. The molecular weight excluding hydrogens is 408 g/mol.